The van der Waals surface area contributed by atoms with Crippen LogP contribution in [0.25, 0.3) is 0 Å². The lowest BCUT2D eigenvalue weighted by Crippen LogP contribution is -2.16. The predicted octanol–water partition coefficient (Wildman–Crippen LogP) is 1.64. The van der Waals surface area contributed by atoms with Crippen molar-refractivity contribution in [1.82, 2.24) is 9.97 Å². The Kier molecular flexibility index (Phi) is 5.48. The minimum absolute atomic E-state index is 0.210. The molecule has 1 aromatic rings. The van der Waals surface area contributed by atoms with Crippen molar-refractivity contribution < 1.29 is 5.11 Å². The van der Waals surface area contributed by atoms with Gasteiger partial charge in [-0.25, -0.2) is 4.98 Å². The summed E-state index contributed by atoms with van der Waals surface area (Å²) in [4.78, 5) is 8.22. The fourth-order valence-electron chi connectivity index (χ4n) is 1.38. The second-order valence-corrected chi connectivity index (χ2v) is 4.42. The third-order valence-corrected chi connectivity index (χ3v) is 2.78. The Morgan fingerprint density at radius 3 is 2.88 bits per heavy atom. The molecule has 1 unspecified atom stereocenters. The number of halogens is 1. The van der Waals surface area contributed by atoms with Crippen LogP contribution in [0.4, 0.5) is 11.8 Å². The lowest BCUT2D eigenvalue weighted by atomic mass is 10.0. The second kappa shape index (κ2) is 6.65. The molecule has 5 nitrogen and oxygen atoms in total. The molecule has 0 aromatic carbocycles. The first-order valence-electron chi connectivity index (χ1n) is 5.30. The largest absolute Gasteiger partial charge is 0.396 e. The zero-order valence-corrected chi connectivity index (χ0v) is 10.9. The summed E-state index contributed by atoms with van der Waals surface area (Å²) in [5.74, 6) is 1.37. The van der Waals surface area contributed by atoms with Crippen LogP contribution in [0.3, 0.4) is 0 Å². The van der Waals surface area contributed by atoms with Crippen molar-refractivity contribution in [3.63, 3.8) is 0 Å². The van der Waals surface area contributed by atoms with Crippen LogP contribution in [0, 0.1) is 5.92 Å². The zero-order valence-electron chi connectivity index (χ0n) is 9.28. The van der Waals surface area contributed by atoms with Gasteiger partial charge in [0, 0.05) is 19.2 Å². The van der Waals surface area contributed by atoms with E-state index in [0.29, 0.717) is 22.3 Å². The van der Waals surface area contributed by atoms with E-state index in [9.17, 15) is 0 Å². The van der Waals surface area contributed by atoms with Crippen LogP contribution in [-0.2, 0) is 0 Å². The van der Waals surface area contributed by atoms with Gasteiger partial charge in [0.1, 0.15) is 10.4 Å². The van der Waals surface area contributed by atoms with Crippen molar-refractivity contribution in [1.29, 1.82) is 0 Å². The third-order valence-electron chi connectivity index (χ3n) is 2.38. The Labute approximate surface area is 104 Å². The van der Waals surface area contributed by atoms with Gasteiger partial charge >= 0.3 is 0 Å². The number of aliphatic hydroxyl groups excluding tert-OH is 1. The zero-order chi connectivity index (χ0) is 12.0. The number of aliphatic hydroxyl groups is 1. The monoisotopic (exact) mass is 288 g/mol. The molecule has 0 aliphatic rings. The average Bonchev–Trinajstić information content (AvgIpc) is 2.23. The second-order valence-electron chi connectivity index (χ2n) is 3.61. The first-order chi connectivity index (χ1) is 7.65. The van der Waals surface area contributed by atoms with E-state index in [4.69, 9.17) is 10.8 Å². The molecule has 0 amide bonds. The molecule has 0 aliphatic heterocycles. The van der Waals surface area contributed by atoms with Crippen molar-refractivity contribution in [3.05, 3.63) is 10.7 Å². The number of anilines is 2. The molecule has 0 saturated carbocycles. The summed E-state index contributed by atoms with van der Waals surface area (Å²) in [5.41, 5.74) is 5.60. The number of nitrogens with two attached hydrogens (primary N) is 1. The highest BCUT2D eigenvalue weighted by atomic mass is 79.9. The van der Waals surface area contributed by atoms with E-state index in [2.05, 4.69) is 38.1 Å². The molecule has 0 bridgehead atoms. The summed E-state index contributed by atoms with van der Waals surface area (Å²) in [6, 6.07) is 1.65. The maximum atomic E-state index is 8.87. The molecule has 1 aromatic heterocycles. The highest BCUT2D eigenvalue weighted by molar-refractivity contribution is 9.10. The Morgan fingerprint density at radius 2 is 2.31 bits per heavy atom. The van der Waals surface area contributed by atoms with Crippen molar-refractivity contribution >= 4 is 27.7 Å². The highest BCUT2D eigenvalue weighted by Gasteiger charge is 2.07. The molecule has 0 aliphatic carbocycles. The quantitative estimate of drug-likeness (QED) is 0.693. The average molecular weight is 289 g/mol. The number of rotatable bonds is 6. The molecule has 0 fully saturated rings. The van der Waals surface area contributed by atoms with Crippen LogP contribution in [0.2, 0.25) is 0 Å². The van der Waals surface area contributed by atoms with Crippen molar-refractivity contribution in [2.75, 3.05) is 24.2 Å². The topological polar surface area (TPSA) is 84.1 Å². The first-order valence-corrected chi connectivity index (χ1v) is 6.09. The number of nitrogens with one attached hydrogen (secondary N) is 1. The smallest absolute Gasteiger partial charge is 0.225 e. The molecule has 0 saturated heterocycles. The molecule has 1 atom stereocenters. The maximum Gasteiger partial charge on any atom is 0.225 e. The molecular formula is C10H17BrN4O. The van der Waals surface area contributed by atoms with Gasteiger partial charge in [-0.05, 0) is 28.3 Å². The van der Waals surface area contributed by atoms with E-state index in [1.165, 1.54) is 0 Å². The van der Waals surface area contributed by atoms with E-state index in [-0.39, 0.29) is 6.61 Å². The van der Waals surface area contributed by atoms with Crippen LogP contribution >= 0.6 is 15.9 Å². The maximum absolute atomic E-state index is 8.87. The van der Waals surface area contributed by atoms with Gasteiger partial charge in [-0.2, -0.15) is 4.98 Å². The summed E-state index contributed by atoms with van der Waals surface area (Å²) < 4.78 is 0.665. The van der Waals surface area contributed by atoms with Crippen LogP contribution in [0.5, 0.6) is 0 Å². The van der Waals surface area contributed by atoms with E-state index < -0.39 is 0 Å². The van der Waals surface area contributed by atoms with E-state index in [0.717, 1.165) is 19.4 Å². The van der Waals surface area contributed by atoms with Crippen LogP contribution < -0.4 is 11.1 Å². The van der Waals surface area contributed by atoms with Crippen LogP contribution in [0.1, 0.15) is 19.8 Å². The number of nitrogens with zero attached hydrogens (tertiary/aromatic N) is 2. The van der Waals surface area contributed by atoms with Gasteiger partial charge in [0.25, 0.3) is 0 Å². The first kappa shape index (κ1) is 13.2. The Hall–Kier alpha value is -0.880. The lowest BCUT2D eigenvalue weighted by Gasteiger charge is -2.14. The molecule has 6 heteroatoms. The van der Waals surface area contributed by atoms with Crippen molar-refractivity contribution in [3.8, 4) is 0 Å². The Bertz CT molecular complexity index is 314. The molecular weight excluding hydrogens is 272 g/mol. The normalized spacial score (nSPS) is 12.4. The van der Waals surface area contributed by atoms with Crippen LogP contribution in [-0.4, -0.2) is 28.2 Å². The van der Waals surface area contributed by atoms with E-state index >= 15 is 0 Å². The summed E-state index contributed by atoms with van der Waals surface area (Å²) >= 11 is 3.26. The highest BCUT2D eigenvalue weighted by Crippen LogP contribution is 2.14. The van der Waals surface area contributed by atoms with Gasteiger partial charge in [0.2, 0.25) is 5.95 Å². The van der Waals surface area contributed by atoms with Crippen molar-refractivity contribution in [2.45, 2.75) is 19.8 Å². The summed E-state index contributed by atoms with van der Waals surface area (Å²) in [5, 5.41) is 12.0. The predicted molar refractivity (Wildman–Crippen MR) is 68.1 cm³/mol. The molecule has 4 N–H and O–H groups in total. The fourth-order valence-corrected chi connectivity index (χ4v) is 1.79. The fraction of sp³-hybridized carbons (Fsp3) is 0.600. The van der Waals surface area contributed by atoms with Gasteiger partial charge in [-0.3, -0.25) is 0 Å². The van der Waals surface area contributed by atoms with Gasteiger partial charge in [0.05, 0.1) is 0 Å². The molecule has 90 valence electrons. The molecule has 0 spiro atoms. The molecule has 16 heavy (non-hydrogen) atoms. The van der Waals surface area contributed by atoms with Crippen LogP contribution in [0.15, 0.2) is 10.7 Å². The summed E-state index contributed by atoms with van der Waals surface area (Å²) in [6.07, 6.45) is 1.80. The minimum Gasteiger partial charge on any atom is -0.396 e. The van der Waals surface area contributed by atoms with E-state index in [1.54, 1.807) is 6.07 Å². The van der Waals surface area contributed by atoms with Gasteiger partial charge < -0.3 is 16.2 Å². The summed E-state index contributed by atoms with van der Waals surface area (Å²) in [7, 11) is 0. The number of hydrogen-bond donors (Lipinski definition) is 3. The Balaban J connectivity index is 2.52. The lowest BCUT2D eigenvalue weighted by molar-refractivity contribution is 0.258. The molecule has 1 heterocycles. The van der Waals surface area contributed by atoms with Crippen molar-refractivity contribution in [2.24, 2.45) is 5.92 Å². The summed E-state index contributed by atoms with van der Waals surface area (Å²) in [6.45, 7) is 3.05. The molecule has 0 radical (unpaired) electrons. The third kappa shape index (κ3) is 4.32. The number of aromatic nitrogens is 2. The van der Waals surface area contributed by atoms with Gasteiger partial charge in [0.15, 0.2) is 0 Å². The number of hydrogen-bond acceptors (Lipinski definition) is 5. The minimum atomic E-state index is 0.210. The standard InChI is InChI=1S/C10H17BrN4O/c1-2-7(3-4-16)6-13-10-14-8(11)5-9(12)15-10/h5,7,16H,2-4,6H2,1H3,(H3,12,13,14,15). The SMILES string of the molecule is CCC(CCO)CNc1nc(N)cc(Br)n1. The molecule has 1 rings (SSSR count). The number of nitrogen functional groups attached to an aromatic ring is 1. The van der Waals surface area contributed by atoms with E-state index in [1.807, 2.05) is 0 Å². The Morgan fingerprint density at radius 1 is 1.56 bits per heavy atom. The van der Waals surface area contributed by atoms with Gasteiger partial charge in [-0.1, -0.05) is 13.3 Å². The van der Waals surface area contributed by atoms with Gasteiger partial charge in [-0.15, -0.1) is 0 Å².